The fourth-order valence-electron chi connectivity index (χ4n) is 3.34. The van der Waals surface area contributed by atoms with Gasteiger partial charge < -0.3 is 19.5 Å². The summed E-state index contributed by atoms with van der Waals surface area (Å²) in [5, 5.41) is 7.01. The molecule has 1 saturated heterocycles. The Labute approximate surface area is 159 Å². The number of anilines is 1. The number of likely N-dealkylation sites (N-methyl/N-ethyl adjacent to an activating group) is 2. The van der Waals surface area contributed by atoms with Gasteiger partial charge in [-0.1, -0.05) is 12.1 Å². The van der Waals surface area contributed by atoms with Crippen LogP contribution < -0.4 is 15.0 Å². The van der Waals surface area contributed by atoms with Crippen LogP contribution in [0.1, 0.15) is 19.8 Å². The molecular formula is C19H27N5O3. The Bertz CT molecular complexity index is 746. The zero-order chi connectivity index (χ0) is 19.2. The van der Waals surface area contributed by atoms with Crippen LogP contribution in [0.15, 0.2) is 28.8 Å². The molecule has 1 N–H and O–H groups in total. The minimum absolute atomic E-state index is 0.0512. The predicted octanol–water partition coefficient (Wildman–Crippen LogP) is 1.78. The molecule has 3 rings (SSSR count). The average Bonchev–Trinajstić information content (AvgIpc) is 3.35. The van der Waals surface area contributed by atoms with Crippen molar-refractivity contribution < 1.29 is 14.1 Å². The van der Waals surface area contributed by atoms with E-state index in [0.717, 1.165) is 30.8 Å². The van der Waals surface area contributed by atoms with Gasteiger partial charge in [-0.05, 0) is 50.2 Å². The summed E-state index contributed by atoms with van der Waals surface area (Å²) in [6, 6.07) is 8.15. The second-order valence-electron chi connectivity index (χ2n) is 6.71. The van der Waals surface area contributed by atoms with Gasteiger partial charge in [-0.15, -0.1) is 0 Å². The molecule has 1 aromatic carbocycles. The van der Waals surface area contributed by atoms with E-state index >= 15 is 0 Å². The number of methoxy groups -OCH3 is 1. The number of rotatable bonds is 8. The van der Waals surface area contributed by atoms with E-state index in [2.05, 4.69) is 27.3 Å². The highest BCUT2D eigenvalue weighted by Gasteiger charge is 2.23. The molecule has 1 unspecified atom stereocenters. The summed E-state index contributed by atoms with van der Waals surface area (Å²) in [5.74, 6) is 1.19. The van der Waals surface area contributed by atoms with Crippen molar-refractivity contribution in [1.29, 1.82) is 0 Å². The van der Waals surface area contributed by atoms with Crippen molar-refractivity contribution in [3.05, 3.63) is 24.3 Å². The summed E-state index contributed by atoms with van der Waals surface area (Å²) in [4.78, 5) is 20.7. The van der Waals surface area contributed by atoms with Crippen molar-refractivity contribution in [3.63, 3.8) is 0 Å². The van der Waals surface area contributed by atoms with E-state index in [-0.39, 0.29) is 12.5 Å². The first kappa shape index (κ1) is 19.2. The van der Waals surface area contributed by atoms with Gasteiger partial charge in [0.25, 0.3) is 0 Å². The van der Waals surface area contributed by atoms with Gasteiger partial charge in [0.1, 0.15) is 12.3 Å². The Kier molecular flexibility index (Phi) is 6.28. The molecule has 0 bridgehead atoms. The van der Waals surface area contributed by atoms with Gasteiger partial charge in [0.05, 0.1) is 7.11 Å². The molecule has 8 nitrogen and oxygen atoms in total. The molecule has 2 heterocycles. The van der Waals surface area contributed by atoms with Crippen LogP contribution in [0.4, 0.5) is 6.01 Å². The third-order valence-corrected chi connectivity index (χ3v) is 4.91. The Morgan fingerprint density at radius 2 is 2.19 bits per heavy atom. The highest BCUT2D eigenvalue weighted by Crippen LogP contribution is 2.22. The second kappa shape index (κ2) is 8.85. The van der Waals surface area contributed by atoms with E-state index in [0.29, 0.717) is 24.4 Å². The van der Waals surface area contributed by atoms with E-state index < -0.39 is 0 Å². The Morgan fingerprint density at radius 1 is 1.41 bits per heavy atom. The summed E-state index contributed by atoms with van der Waals surface area (Å²) >= 11 is 0. The maximum atomic E-state index is 12.3. The SMILES string of the molecule is CCN1CCCC1CNC(=O)CN(C)c1nc(-c2ccc(OC)cc2)no1. The zero-order valence-corrected chi connectivity index (χ0v) is 16.1. The molecule has 1 amide bonds. The molecule has 8 heteroatoms. The van der Waals surface area contributed by atoms with Crippen molar-refractivity contribution >= 4 is 11.9 Å². The number of nitrogens with zero attached hydrogens (tertiary/aromatic N) is 4. The standard InChI is InChI=1S/C19H27N5O3/c1-4-24-11-5-6-15(24)12-20-17(25)13-23(2)19-21-18(22-27-19)14-7-9-16(26-3)10-8-14/h7-10,15H,4-6,11-13H2,1-3H3,(H,20,25). The molecule has 27 heavy (non-hydrogen) atoms. The first-order valence-corrected chi connectivity index (χ1v) is 9.30. The average molecular weight is 373 g/mol. The lowest BCUT2D eigenvalue weighted by atomic mass is 10.2. The lowest BCUT2D eigenvalue weighted by molar-refractivity contribution is -0.120. The molecule has 0 spiro atoms. The first-order valence-electron chi connectivity index (χ1n) is 9.30. The fraction of sp³-hybridized carbons (Fsp3) is 0.526. The number of carbonyl (C=O) groups is 1. The highest BCUT2D eigenvalue weighted by molar-refractivity contribution is 5.80. The van der Waals surface area contributed by atoms with Crippen molar-refractivity contribution in [1.82, 2.24) is 20.4 Å². The van der Waals surface area contributed by atoms with Gasteiger partial charge in [-0.25, -0.2) is 0 Å². The minimum atomic E-state index is -0.0512. The third kappa shape index (κ3) is 4.77. The molecular weight excluding hydrogens is 346 g/mol. The molecule has 2 aromatic rings. The molecule has 146 valence electrons. The lowest BCUT2D eigenvalue weighted by Crippen LogP contribution is -2.43. The maximum absolute atomic E-state index is 12.3. The summed E-state index contributed by atoms with van der Waals surface area (Å²) in [7, 11) is 3.38. The normalized spacial score (nSPS) is 17.1. The number of ether oxygens (including phenoxy) is 1. The zero-order valence-electron chi connectivity index (χ0n) is 16.1. The number of aromatic nitrogens is 2. The molecule has 1 aliphatic rings. The molecule has 1 atom stereocenters. The maximum Gasteiger partial charge on any atom is 0.324 e. The molecule has 1 aliphatic heterocycles. The lowest BCUT2D eigenvalue weighted by Gasteiger charge is -2.23. The van der Waals surface area contributed by atoms with E-state index in [1.807, 2.05) is 24.3 Å². The largest absolute Gasteiger partial charge is 0.497 e. The number of amides is 1. The van der Waals surface area contributed by atoms with E-state index in [1.165, 1.54) is 6.42 Å². The predicted molar refractivity (Wildman–Crippen MR) is 103 cm³/mol. The van der Waals surface area contributed by atoms with Crippen LogP contribution >= 0.6 is 0 Å². The molecule has 1 aromatic heterocycles. The van der Waals surface area contributed by atoms with Gasteiger partial charge in [0.2, 0.25) is 11.7 Å². The Hall–Kier alpha value is -2.61. The highest BCUT2D eigenvalue weighted by atomic mass is 16.5. The number of nitrogens with one attached hydrogen (secondary N) is 1. The van der Waals surface area contributed by atoms with Crippen molar-refractivity contribution in [3.8, 4) is 17.1 Å². The number of likely N-dealkylation sites (tertiary alicyclic amines) is 1. The van der Waals surface area contributed by atoms with Crippen LogP contribution in [0.3, 0.4) is 0 Å². The van der Waals surface area contributed by atoms with Crippen LogP contribution in [-0.4, -0.2) is 67.3 Å². The van der Waals surface area contributed by atoms with Crippen molar-refractivity contribution in [2.75, 3.05) is 45.2 Å². The summed E-state index contributed by atoms with van der Waals surface area (Å²) in [5.41, 5.74) is 0.824. The molecule has 0 radical (unpaired) electrons. The topological polar surface area (TPSA) is 83.7 Å². The quantitative estimate of drug-likeness (QED) is 0.755. The van der Waals surface area contributed by atoms with E-state index in [1.54, 1.807) is 19.1 Å². The Balaban J connectivity index is 1.52. The minimum Gasteiger partial charge on any atom is -0.497 e. The third-order valence-electron chi connectivity index (χ3n) is 4.91. The van der Waals surface area contributed by atoms with Gasteiger partial charge in [0.15, 0.2) is 0 Å². The molecule has 0 saturated carbocycles. The van der Waals surface area contributed by atoms with Gasteiger partial charge in [-0.3, -0.25) is 9.69 Å². The van der Waals surface area contributed by atoms with E-state index in [4.69, 9.17) is 9.26 Å². The summed E-state index contributed by atoms with van der Waals surface area (Å²) in [6.45, 7) is 5.15. The van der Waals surface area contributed by atoms with Crippen molar-refractivity contribution in [2.45, 2.75) is 25.8 Å². The summed E-state index contributed by atoms with van der Waals surface area (Å²) < 4.78 is 10.4. The van der Waals surface area contributed by atoms with Crippen LogP contribution in [-0.2, 0) is 4.79 Å². The van der Waals surface area contributed by atoms with Gasteiger partial charge in [-0.2, -0.15) is 4.98 Å². The number of carbonyl (C=O) groups excluding carboxylic acids is 1. The molecule has 0 aliphatic carbocycles. The van der Waals surface area contributed by atoms with Crippen molar-refractivity contribution in [2.24, 2.45) is 0 Å². The number of hydrogen-bond donors (Lipinski definition) is 1. The summed E-state index contributed by atoms with van der Waals surface area (Å²) in [6.07, 6.45) is 2.34. The number of hydrogen-bond acceptors (Lipinski definition) is 7. The van der Waals surface area contributed by atoms with Gasteiger partial charge >= 0.3 is 6.01 Å². The smallest absolute Gasteiger partial charge is 0.324 e. The van der Waals surface area contributed by atoms with Crippen LogP contribution in [0.25, 0.3) is 11.4 Å². The monoisotopic (exact) mass is 373 g/mol. The van der Waals surface area contributed by atoms with Crippen LogP contribution in [0.2, 0.25) is 0 Å². The van der Waals surface area contributed by atoms with Gasteiger partial charge in [0, 0.05) is 25.2 Å². The fourth-order valence-corrected chi connectivity index (χ4v) is 3.34. The Morgan fingerprint density at radius 3 is 2.89 bits per heavy atom. The second-order valence-corrected chi connectivity index (χ2v) is 6.71. The van der Waals surface area contributed by atoms with Crippen LogP contribution in [0, 0.1) is 0 Å². The van der Waals surface area contributed by atoms with E-state index in [9.17, 15) is 4.79 Å². The number of benzene rings is 1. The van der Waals surface area contributed by atoms with Crippen LogP contribution in [0.5, 0.6) is 5.75 Å². The first-order chi connectivity index (χ1) is 13.1. The molecule has 1 fully saturated rings.